The first-order valence-electron chi connectivity index (χ1n) is 9.23. The Morgan fingerprint density at radius 2 is 2.36 bits per heavy atom. The molecule has 3 rings (SSSR count). The van der Waals surface area contributed by atoms with Crippen molar-refractivity contribution in [2.75, 3.05) is 11.9 Å². The van der Waals surface area contributed by atoms with Crippen molar-refractivity contribution in [2.24, 2.45) is 5.73 Å². The zero-order valence-electron chi connectivity index (χ0n) is 16.8. The van der Waals surface area contributed by atoms with Crippen LogP contribution >= 0.6 is 22.9 Å². The van der Waals surface area contributed by atoms with Crippen molar-refractivity contribution < 1.29 is 20.7 Å². The van der Waals surface area contributed by atoms with Crippen molar-refractivity contribution in [3.8, 4) is 11.8 Å². The molecular formula is C19H18ClF2N3O2S. The number of alkyl halides is 2. The van der Waals surface area contributed by atoms with E-state index in [1.165, 1.54) is 0 Å². The monoisotopic (exact) mass is 427 g/mol. The second kappa shape index (κ2) is 9.34. The van der Waals surface area contributed by atoms with Crippen LogP contribution in [0, 0.1) is 11.8 Å². The number of pyridine rings is 1. The van der Waals surface area contributed by atoms with Crippen LogP contribution in [-0.2, 0) is 17.7 Å². The summed E-state index contributed by atoms with van der Waals surface area (Å²) in [5.74, 6) is 5.82. The lowest BCUT2D eigenvalue weighted by Gasteiger charge is -2.10. The zero-order chi connectivity index (χ0) is 21.9. The van der Waals surface area contributed by atoms with Gasteiger partial charge < -0.3 is 20.2 Å². The van der Waals surface area contributed by atoms with Gasteiger partial charge in [-0.1, -0.05) is 23.6 Å². The number of ether oxygens (including phenoxy) is 1. The van der Waals surface area contributed by atoms with E-state index in [0.717, 1.165) is 4.88 Å². The van der Waals surface area contributed by atoms with Crippen molar-refractivity contribution in [3.05, 3.63) is 44.9 Å². The lowest BCUT2D eigenvalue weighted by molar-refractivity contribution is -0.132. The molecular weight excluding hydrogens is 408 g/mol. The highest BCUT2D eigenvalue weighted by Gasteiger charge is 2.21. The van der Waals surface area contributed by atoms with Crippen LogP contribution in [0.2, 0.25) is 5.15 Å². The molecule has 28 heavy (non-hydrogen) atoms. The molecule has 0 aliphatic rings. The maximum absolute atomic E-state index is 12.5. The Balaban J connectivity index is 1.98. The predicted molar refractivity (Wildman–Crippen MR) is 107 cm³/mol. The van der Waals surface area contributed by atoms with Crippen LogP contribution in [0.4, 0.5) is 14.5 Å². The number of halogens is 3. The van der Waals surface area contributed by atoms with Gasteiger partial charge in [0.1, 0.15) is 16.4 Å². The minimum atomic E-state index is -3.30. The Kier molecular flexibility index (Phi) is 5.97. The first-order chi connectivity index (χ1) is 14.2. The van der Waals surface area contributed by atoms with Crippen molar-refractivity contribution in [1.29, 1.82) is 0 Å². The van der Waals surface area contributed by atoms with Crippen molar-refractivity contribution in [2.45, 2.75) is 32.5 Å². The van der Waals surface area contributed by atoms with Gasteiger partial charge in [-0.3, -0.25) is 0 Å². The summed E-state index contributed by atoms with van der Waals surface area (Å²) in [5.41, 5.74) is 7.50. The number of thiophene rings is 1. The maximum Gasteiger partial charge on any atom is 0.345 e. The molecule has 0 spiro atoms. The van der Waals surface area contributed by atoms with Gasteiger partial charge in [-0.05, 0) is 18.4 Å². The van der Waals surface area contributed by atoms with Crippen LogP contribution in [0.25, 0.3) is 11.1 Å². The lowest BCUT2D eigenvalue weighted by atomic mass is 10.1. The van der Waals surface area contributed by atoms with Crippen molar-refractivity contribution >= 4 is 39.7 Å². The summed E-state index contributed by atoms with van der Waals surface area (Å²) in [6.07, 6.45) is -0.234. The van der Waals surface area contributed by atoms with Crippen LogP contribution in [0.15, 0.2) is 28.0 Å². The third-order valence-corrected chi connectivity index (χ3v) is 4.75. The van der Waals surface area contributed by atoms with Crippen molar-refractivity contribution in [3.63, 3.8) is 0 Å². The standard InChI is InChI=1S/C19H18ClF2N3O2S/c1-2-4-13-15(7-11(23)10-26-19(21)22)27-18-14(8-16(20)25-17(13)18)24-9-12-5-3-6-28-12/h3,5-6,8,11,19H,7,9-10,23H2,1H3,(H,24,25)/t11-/m1/s1/i10D2. The second-order valence-electron chi connectivity index (χ2n) is 5.69. The third-order valence-electron chi connectivity index (χ3n) is 3.68. The molecule has 148 valence electrons. The number of hydrogen-bond acceptors (Lipinski definition) is 6. The molecule has 0 aromatic carbocycles. The van der Waals surface area contributed by atoms with Gasteiger partial charge in [0.25, 0.3) is 0 Å². The Bertz CT molecular complexity index is 1080. The fourth-order valence-electron chi connectivity index (χ4n) is 2.59. The number of fused-ring (bicyclic) bond motifs is 1. The molecule has 1 atom stereocenters. The van der Waals surface area contributed by atoms with E-state index >= 15 is 0 Å². The minimum Gasteiger partial charge on any atom is -0.456 e. The molecule has 5 nitrogen and oxygen atoms in total. The van der Waals surface area contributed by atoms with E-state index in [9.17, 15) is 8.78 Å². The van der Waals surface area contributed by atoms with Gasteiger partial charge in [0.15, 0.2) is 5.58 Å². The molecule has 0 aliphatic heterocycles. The number of anilines is 1. The molecule has 0 fully saturated rings. The topological polar surface area (TPSA) is 73.3 Å². The largest absolute Gasteiger partial charge is 0.456 e. The lowest BCUT2D eigenvalue weighted by Crippen LogP contribution is -2.29. The van der Waals surface area contributed by atoms with E-state index in [1.807, 2.05) is 17.5 Å². The van der Waals surface area contributed by atoms with Crippen LogP contribution in [-0.4, -0.2) is 24.2 Å². The van der Waals surface area contributed by atoms with Crippen LogP contribution < -0.4 is 11.1 Å². The van der Waals surface area contributed by atoms with Crippen LogP contribution in [0.1, 0.15) is 25.9 Å². The number of aromatic nitrogens is 1. The summed E-state index contributed by atoms with van der Waals surface area (Å²) in [6, 6.07) is 4.09. The second-order valence-corrected chi connectivity index (χ2v) is 7.10. The molecule has 3 aromatic heterocycles. The molecule has 3 heterocycles. The molecule has 0 amide bonds. The van der Waals surface area contributed by atoms with E-state index in [4.69, 9.17) is 24.5 Å². The highest BCUT2D eigenvalue weighted by atomic mass is 35.5. The Morgan fingerprint density at radius 1 is 1.54 bits per heavy atom. The number of nitrogens with one attached hydrogen (secondary N) is 1. The molecule has 3 N–H and O–H groups in total. The fourth-order valence-corrected chi connectivity index (χ4v) is 3.42. The number of rotatable bonds is 8. The Hall–Kier alpha value is -2.18. The molecule has 0 unspecified atom stereocenters. The van der Waals surface area contributed by atoms with E-state index in [1.54, 1.807) is 24.3 Å². The van der Waals surface area contributed by atoms with Gasteiger partial charge in [0.2, 0.25) is 0 Å². The SMILES string of the molecule is [2H]C([2H])(OC(F)F)[C@H](N)Cc1oc2c(NCc3cccs3)cc(Cl)nc2c1C#CC. The molecule has 0 radical (unpaired) electrons. The van der Waals surface area contributed by atoms with Gasteiger partial charge in [-0.2, -0.15) is 8.78 Å². The predicted octanol–water partition coefficient (Wildman–Crippen LogP) is 4.64. The summed E-state index contributed by atoms with van der Waals surface area (Å²) >= 11 is 7.76. The third kappa shape index (κ3) is 5.00. The highest BCUT2D eigenvalue weighted by molar-refractivity contribution is 7.09. The smallest absolute Gasteiger partial charge is 0.345 e. The zero-order valence-corrected chi connectivity index (χ0v) is 16.3. The van der Waals surface area contributed by atoms with Gasteiger partial charge in [-0.15, -0.1) is 17.3 Å². The highest BCUT2D eigenvalue weighted by Crippen LogP contribution is 2.33. The summed E-state index contributed by atoms with van der Waals surface area (Å²) in [5, 5.41) is 5.41. The average Bonchev–Trinajstić information content (AvgIpc) is 3.28. The van der Waals surface area contributed by atoms with Gasteiger partial charge in [0, 0.05) is 30.0 Å². The van der Waals surface area contributed by atoms with Crippen molar-refractivity contribution in [1.82, 2.24) is 4.98 Å². The molecule has 0 saturated carbocycles. The number of nitrogens with zero attached hydrogens (tertiary/aromatic N) is 1. The fraction of sp³-hybridized carbons (Fsp3) is 0.316. The van der Waals surface area contributed by atoms with E-state index < -0.39 is 19.2 Å². The average molecular weight is 428 g/mol. The van der Waals surface area contributed by atoms with Gasteiger partial charge in [-0.25, -0.2) is 4.98 Å². The van der Waals surface area contributed by atoms with Crippen LogP contribution in [0.5, 0.6) is 0 Å². The first-order valence-corrected chi connectivity index (χ1v) is 9.49. The van der Waals surface area contributed by atoms with E-state index in [0.29, 0.717) is 28.9 Å². The van der Waals surface area contributed by atoms with E-state index in [2.05, 4.69) is 26.9 Å². The molecule has 9 heteroatoms. The maximum atomic E-state index is 12.5. The normalized spacial score (nSPS) is 13.8. The summed E-state index contributed by atoms with van der Waals surface area (Å²) in [7, 11) is 0. The quantitative estimate of drug-likeness (QED) is 0.405. The van der Waals surface area contributed by atoms with Gasteiger partial charge in [0.05, 0.1) is 20.6 Å². The first kappa shape index (κ1) is 17.9. The summed E-state index contributed by atoms with van der Waals surface area (Å²) in [4.78, 5) is 5.38. The number of hydrogen-bond donors (Lipinski definition) is 2. The summed E-state index contributed by atoms with van der Waals surface area (Å²) in [6.45, 7) is -3.93. The van der Waals surface area contributed by atoms with E-state index in [-0.39, 0.29) is 17.3 Å². The Morgan fingerprint density at radius 3 is 3.04 bits per heavy atom. The molecule has 0 saturated heterocycles. The molecule has 3 aromatic rings. The number of furan rings is 1. The van der Waals surface area contributed by atoms with Gasteiger partial charge >= 0.3 is 6.61 Å². The Labute approximate surface area is 172 Å². The molecule has 0 aliphatic carbocycles. The van der Waals surface area contributed by atoms with Crippen LogP contribution in [0.3, 0.4) is 0 Å². The molecule has 0 bridgehead atoms. The minimum absolute atomic E-state index is 0.211. The number of nitrogens with two attached hydrogens (primary N) is 1. The summed E-state index contributed by atoms with van der Waals surface area (Å²) < 4.78 is 50.2.